The molecular weight excluding hydrogens is 330 g/mol. The van der Waals surface area contributed by atoms with E-state index >= 15 is 0 Å². The zero-order chi connectivity index (χ0) is 18.5. The summed E-state index contributed by atoms with van der Waals surface area (Å²) in [5, 5.41) is 6.97. The number of likely N-dealkylation sites (N-methyl/N-ethyl adjacent to an activating group) is 1. The van der Waals surface area contributed by atoms with Gasteiger partial charge < -0.3 is 20.3 Å². The van der Waals surface area contributed by atoms with E-state index in [0.717, 1.165) is 51.0 Å². The first-order valence-electron chi connectivity index (χ1n) is 10.1. The van der Waals surface area contributed by atoms with Crippen molar-refractivity contribution in [3.63, 3.8) is 0 Å². The van der Waals surface area contributed by atoms with Crippen LogP contribution in [0.1, 0.15) is 45.4 Å². The lowest BCUT2D eigenvalue weighted by molar-refractivity contribution is -0.127. The molecule has 7 nitrogen and oxygen atoms in total. The number of nitrogens with one attached hydrogen (secondary N) is 2. The van der Waals surface area contributed by atoms with E-state index in [1.165, 1.54) is 19.3 Å². The minimum atomic E-state index is 0.0133. The molecule has 2 aliphatic heterocycles. The van der Waals surface area contributed by atoms with Gasteiger partial charge in [-0.2, -0.15) is 0 Å². The largest absolute Gasteiger partial charge is 0.376 e. The van der Waals surface area contributed by atoms with E-state index in [0.29, 0.717) is 12.1 Å². The molecule has 3 rings (SSSR count). The van der Waals surface area contributed by atoms with Gasteiger partial charge in [0.25, 0.3) is 0 Å². The second kappa shape index (κ2) is 9.04. The number of hydrogen-bond acceptors (Lipinski definition) is 4. The van der Waals surface area contributed by atoms with Gasteiger partial charge in [0.1, 0.15) is 6.54 Å². The number of nitrogens with zero attached hydrogens (tertiary/aromatic N) is 3. The minimum Gasteiger partial charge on any atom is -0.376 e. The van der Waals surface area contributed by atoms with Crippen LogP contribution in [0.5, 0.6) is 0 Å². The zero-order valence-electron chi connectivity index (χ0n) is 16.5. The van der Waals surface area contributed by atoms with Crippen LogP contribution in [0, 0.1) is 0 Å². The van der Waals surface area contributed by atoms with Gasteiger partial charge in [-0.15, -0.1) is 0 Å². The standard InChI is InChI=1S/C19H35N5O2/c1-14-10-15(13-24(14)16-7-8-16)22-19(21-12-18(25)23(2)3)20-11-17-6-4-5-9-26-17/h14-17H,4-13H2,1-3H3,(H2,20,21,22). The maximum absolute atomic E-state index is 11.9. The summed E-state index contributed by atoms with van der Waals surface area (Å²) < 4.78 is 5.81. The van der Waals surface area contributed by atoms with Gasteiger partial charge in [0.05, 0.1) is 6.10 Å². The fourth-order valence-electron chi connectivity index (χ4n) is 3.89. The van der Waals surface area contributed by atoms with Crippen molar-refractivity contribution in [1.29, 1.82) is 0 Å². The van der Waals surface area contributed by atoms with E-state index < -0.39 is 0 Å². The van der Waals surface area contributed by atoms with E-state index in [-0.39, 0.29) is 18.6 Å². The van der Waals surface area contributed by atoms with Gasteiger partial charge in [-0.3, -0.25) is 9.69 Å². The van der Waals surface area contributed by atoms with Crippen molar-refractivity contribution in [3.8, 4) is 0 Å². The van der Waals surface area contributed by atoms with Gasteiger partial charge in [0, 0.05) is 51.9 Å². The first-order chi connectivity index (χ1) is 12.5. The number of carbonyl (C=O) groups excluding carboxylic acids is 1. The summed E-state index contributed by atoms with van der Waals surface area (Å²) in [6, 6.07) is 1.79. The first kappa shape index (κ1) is 19.4. The molecule has 3 fully saturated rings. The average Bonchev–Trinajstić information content (AvgIpc) is 3.41. The zero-order valence-corrected chi connectivity index (χ0v) is 16.5. The van der Waals surface area contributed by atoms with Crippen LogP contribution in [0.25, 0.3) is 0 Å². The fraction of sp³-hybridized carbons (Fsp3) is 0.895. The number of rotatable bonds is 6. The number of carbonyl (C=O) groups is 1. The molecule has 1 saturated carbocycles. The highest BCUT2D eigenvalue weighted by molar-refractivity contribution is 5.85. The van der Waals surface area contributed by atoms with Gasteiger partial charge in [0.15, 0.2) is 5.96 Å². The Labute approximate surface area is 157 Å². The Kier molecular flexibility index (Phi) is 6.75. The van der Waals surface area contributed by atoms with Crippen molar-refractivity contribution in [3.05, 3.63) is 0 Å². The molecule has 0 radical (unpaired) electrons. The number of guanidine groups is 1. The van der Waals surface area contributed by atoms with Crippen LogP contribution in [0.4, 0.5) is 0 Å². The first-order valence-corrected chi connectivity index (χ1v) is 10.1. The third-order valence-corrected chi connectivity index (χ3v) is 5.62. The molecule has 7 heteroatoms. The predicted octanol–water partition coefficient (Wildman–Crippen LogP) is 0.804. The molecule has 1 amide bonds. The molecule has 3 unspecified atom stereocenters. The van der Waals surface area contributed by atoms with E-state index in [2.05, 4.69) is 27.4 Å². The van der Waals surface area contributed by atoms with Gasteiger partial charge in [-0.25, -0.2) is 4.99 Å². The van der Waals surface area contributed by atoms with Crippen molar-refractivity contribution in [2.75, 3.05) is 40.3 Å². The summed E-state index contributed by atoms with van der Waals surface area (Å²) in [6.07, 6.45) is 7.52. The van der Waals surface area contributed by atoms with Crippen molar-refractivity contribution in [1.82, 2.24) is 20.4 Å². The molecule has 0 aromatic heterocycles. The predicted molar refractivity (Wildman–Crippen MR) is 103 cm³/mol. The lowest BCUT2D eigenvalue weighted by Crippen LogP contribution is -2.47. The van der Waals surface area contributed by atoms with Crippen molar-refractivity contribution in [2.24, 2.45) is 4.99 Å². The van der Waals surface area contributed by atoms with Crippen LogP contribution in [-0.4, -0.2) is 86.2 Å². The summed E-state index contributed by atoms with van der Waals surface area (Å²) >= 11 is 0. The van der Waals surface area contributed by atoms with Gasteiger partial charge in [-0.05, 0) is 45.4 Å². The minimum absolute atomic E-state index is 0.0133. The van der Waals surface area contributed by atoms with Gasteiger partial charge in [-0.1, -0.05) is 0 Å². The molecule has 3 atom stereocenters. The molecule has 2 N–H and O–H groups in total. The Morgan fingerprint density at radius 1 is 1.27 bits per heavy atom. The highest BCUT2D eigenvalue weighted by Crippen LogP contribution is 2.33. The van der Waals surface area contributed by atoms with Crippen molar-refractivity contribution < 1.29 is 9.53 Å². The molecule has 0 bridgehead atoms. The molecule has 1 aliphatic carbocycles. The Hall–Kier alpha value is -1.34. The molecule has 2 saturated heterocycles. The number of amides is 1. The topological polar surface area (TPSA) is 69.2 Å². The van der Waals surface area contributed by atoms with E-state index in [4.69, 9.17) is 4.74 Å². The van der Waals surface area contributed by atoms with E-state index in [1.807, 2.05) is 0 Å². The summed E-state index contributed by atoms with van der Waals surface area (Å²) in [4.78, 5) is 20.7. The summed E-state index contributed by atoms with van der Waals surface area (Å²) in [7, 11) is 3.53. The Balaban J connectivity index is 1.54. The normalized spacial score (nSPS) is 30.3. The number of hydrogen-bond donors (Lipinski definition) is 2. The molecule has 0 aromatic carbocycles. The third kappa shape index (κ3) is 5.58. The number of likely N-dealkylation sites (tertiary alicyclic amines) is 1. The van der Waals surface area contributed by atoms with Crippen LogP contribution in [-0.2, 0) is 9.53 Å². The van der Waals surface area contributed by atoms with Crippen LogP contribution in [0.15, 0.2) is 4.99 Å². The molecule has 0 aromatic rings. The Morgan fingerprint density at radius 3 is 2.73 bits per heavy atom. The van der Waals surface area contributed by atoms with Crippen molar-refractivity contribution >= 4 is 11.9 Å². The monoisotopic (exact) mass is 365 g/mol. The van der Waals surface area contributed by atoms with Crippen LogP contribution >= 0.6 is 0 Å². The van der Waals surface area contributed by atoms with Gasteiger partial charge in [0.2, 0.25) is 5.91 Å². The lowest BCUT2D eigenvalue weighted by atomic mass is 10.1. The van der Waals surface area contributed by atoms with Crippen LogP contribution in [0.3, 0.4) is 0 Å². The van der Waals surface area contributed by atoms with Gasteiger partial charge >= 0.3 is 0 Å². The summed E-state index contributed by atoms with van der Waals surface area (Å²) in [5.41, 5.74) is 0. The highest BCUT2D eigenvalue weighted by Gasteiger charge is 2.39. The average molecular weight is 366 g/mol. The number of ether oxygens (including phenoxy) is 1. The maximum atomic E-state index is 11.9. The van der Waals surface area contributed by atoms with Crippen LogP contribution < -0.4 is 10.6 Å². The maximum Gasteiger partial charge on any atom is 0.243 e. The molecule has 0 spiro atoms. The molecule has 148 valence electrons. The van der Waals surface area contributed by atoms with E-state index in [1.54, 1.807) is 19.0 Å². The highest BCUT2D eigenvalue weighted by atomic mass is 16.5. The summed E-state index contributed by atoms with van der Waals surface area (Å²) in [6.45, 7) is 5.14. The summed E-state index contributed by atoms with van der Waals surface area (Å²) in [5.74, 6) is 0.753. The Bertz CT molecular complexity index is 500. The number of aliphatic imine (C=N–C) groups is 1. The fourth-order valence-corrected chi connectivity index (χ4v) is 3.89. The molecule has 26 heavy (non-hydrogen) atoms. The van der Waals surface area contributed by atoms with Crippen molar-refractivity contribution in [2.45, 2.75) is 69.7 Å². The SMILES string of the molecule is CC1CC(NC(=NCC(=O)N(C)C)NCC2CCCCO2)CN1C1CC1. The second-order valence-corrected chi connectivity index (χ2v) is 8.18. The quantitative estimate of drug-likeness (QED) is 0.538. The lowest BCUT2D eigenvalue weighted by Gasteiger charge is -2.25. The Morgan fingerprint density at radius 2 is 2.08 bits per heavy atom. The molecule has 3 aliphatic rings. The smallest absolute Gasteiger partial charge is 0.243 e. The molecule has 2 heterocycles. The second-order valence-electron chi connectivity index (χ2n) is 8.18. The van der Waals surface area contributed by atoms with E-state index in [9.17, 15) is 4.79 Å². The van der Waals surface area contributed by atoms with Crippen LogP contribution in [0.2, 0.25) is 0 Å². The third-order valence-electron chi connectivity index (χ3n) is 5.62. The molecular formula is C19H35N5O2.